The largest absolute Gasteiger partial charge is 0.505 e. The molecule has 0 heterocycles. The minimum atomic E-state index is -4.64. The molecule has 4 aromatic carbocycles. The van der Waals surface area contributed by atoms with E-state index in [9.17, 15) is 31.0 Å². The Balaban J connectivity index is 1.93. The number of benzene rings is 4. The van der Waals surface area contributed by atoms with E-state index in [-0.39, 0.29) is 27.4 Å². The van der Waals surface area contributed by atoms with Gasteiger partial charge in [-0.05, 0) is 60.0 Å². The number of fused-ring (bicyclic) bond motifs is 2. The molecule has 0 bridgehead atoms. The van der Waals surface area contributed by atoms with E-state index in [1.54, 1.807) is 44.2 Å². The molecular weight excluding hydrogens is 468 g/mol. The molecule has 0 saturated carbocycles. The lowest BCUT2D eigenvalue weighted by Gasteiger charge is -2.12. The molecule has 0 amide bonds. The summed E-state index contributed by atoms with van der Waals surface area (Å²) in [7, 11) is -9.08. The van der Waals surface area contributed by atoms with E-state index >= 15 is 0 Å². The van der Waals surface area contributed by atoms with Crippen molar-refractivity contribution in [1.29, 1.82) is 0 Å². The molecule has 4 rings (SSSR count). The first kappa shape index (κ1) is 22.8. The van der Waals surface area contributed by atoms with E-state index in [1.807, 2.05) is 0 Å². The minimum absolute atomic E-state index is 0.0413. The molecule has 0 aliphatic carbocycles. The molecule has 0 unspecified atom stereocenters. The molecule has 170 valence electrons. The van der Waals surface area contributed by atoms with Gasteiger partial charge in [-0.3, -0.25) is 9.11 Å². The Kier molecular flexibility index (Phi) is 5.45. The Morgan fingerprint density at radius 1 is 0.758 bits per heavy atom. The molecular formula is C22H18N2O7S2. The molecule has 0 radical (unpaired) electrons. The van der Waals surface area contributed by atoms with Crippen LogP contribution in [0.15, 0.2) is 74.6 Å². The van der Waals surface area contributed by atoms with Crippen LogP contribution in [0.5, 0.6) is 5.75 Å². The third kappa shape index (κ3) is 4.18. The number of aromatic hydroxyl groups is 1. The maximum Gasteiger partial charge on any atom is 0.297 e. The van der Waals surface area contributed by atoms with Gasteiger partial charge in [0.15, 0.2) is 5.75 Å². The number of hydrogen-bond donors (Lipinski definition) is 3. The van der Waals surface area contributed by atoms with Gasteiger partial charge < -0.3 is 5.11 Å². The lowest BCUT2D eigenvalue weighted by atomic mass is 10.0. The number of nitrogens with zero attached hydrogens (tertiary/aromatic N) is 2. The highest BCUT2D eigenvalue weighted by molar-refractivity contribution is 7.86. The van der Waals surface area contributed by atoms with Crippen LogP contribution in [0.2, 0.25) is 0 Å². The van der Waals surface area contributed by atoms with Crippen molar-refractivity contribution in [2.24, 2.45) is 10.2 Å². The average molecular weight is 487 g/mol. The Hall–Kier alpha value is -3.38. The second kappa shape index (κ2) is 7.89. The standard InChI is InChI=1S/C22H18N2O7S2/c1-12-10-16(32(26,27)28)11-15-9-13(2)20(21(25)19(12)15)24-23-18-8-7-14-5-3-4-6-17(14)22(18)33(29,30)31/h3-11,25H,1-2H3,(H,26,27,28)(H,29,30,31). The zero-order chi connectivity index (χ0) is 24.1. The number of phenolic OH excluding ortho intramolecular Hbond substituents is 1. The molecule has 0 aliphatic rings. The molecule has 0 fully saturated rings. The van der Waals surface area contributed by atoms with Crippen LogP contribution in [0, 0.1) is 13.8 Å². The molecule has 9 nitrogen and oxygen atoms in total. The number of rotatable bonds is 4. The Labute approximate surface area is 189 Å². The topological polar surface area (TPSA) is 154 Å². The SMILES string of the molecule is Cc1cc2cc(S(=O)(=O)O)cc(C)c2c(O)c1N=Nc1ccc2ccccc2c1S(=O)(=O)O. The van der Waals surface area contributed by atoms with Crippen molar-refractivity contribution in [1.82, 2.24) is 0 Å². The molecule has 4 aromatic rings. The van der Waals surface area contributed by atoms with E-state index in [2.05, 4.69) is 10.2 Å². The highest BCUT2D eigenvalue weighted by Gasteiger charge is 2.21. The summed E-state index contributed by atoms with van der Waals surface area (Å²) in [5, 5.41) is 20.4. The smallest absolute Gasteiger partial charge is 0.297 e. The van der Waals surface area contributed by atoms with Gasteiger partial charge in [0.2, 0.25) is 0 Å². The molecule has 0 spiro atoms. The Morgan fingerprint density at radius 2 is 1.45 bits per heavy atom. The van der Waals surface area contributed by atoms with Gasteiger partial charge >= 0.3 is 0 Å². The molecule has 33 heavy (non-hydrogen) atoms. The fourth-order valence-corrected chi connectivity index (χ4v) is 5.22. The van der Waals surface area contributed by atoms with Crippen LogP contribution < -0.4 is 0 Å². The molecule has 3 N–H and O–H groups in total. The third-order valence-electron chi connectivity index (χ3n) is 5.22. The normalized spacial score (nSPS) is 12.7. The monoisotopic (exact) mass is 486 g/mol. The molecule has 0 aromatic heterocycles. The third-order valence-corrected chi connectivity index (χ3v) is 6.99. The predicted molar refractivity (Wildman–Crippen MR) is 123 cm³/mol. The number of hydrogen-bond acceptors (Lipinski definition) is 7. The highest BCUT2D eigenvalue weighted by Crippen LogP contribution is 2.42. The summed E-state index contributed by atoms with van der Waals surface area (Å²) in [6.45, 7) is 3.17. The summed E-state index contributed by atoms with van der Waals surface area (Å²) in [5.74, 6) is -0.290. The molecule has 11 heteroatoms. The summed E-state index contributed by atoms with van der Waals surface area (Å²) in [6, 6.07) is 13.6. The predicted octanol–water partition coefficient (Wildman–Crippen LogP) is 5.22. The second-order valence-corrected chi connectivity index (χ2v) is 10.3. The first-order valence-corrected chi connectivity index (χ1v) is 12.4. The van der Waals surface area contributed by atoms with Crippen LogP contribution in [0.3, 0.4) is 0 Å². The number of azo groups is 1. The van der Waals surface area contributed by atoms with Gasteiger partial charge in [0.05, 0.1) is 4.90 Å². The fourth-order valence-electron chi connectivity index (χ4n) is 3.78. The quantitative estimate of drug-likeness (QED) is 0.264. The van der Waals surface area contributed by atoms with E-state index in [1.165, 1.54) is 24.3 Å². The van der Waals surface area contributed by atoms with Gasteiger partial charge in [0.1, 0.15) is 16.3 Å². The van der Waals surface area contributed by atoms with E-state index in [0.717, 1.165) is 0 Å². The summed E-state index contributed by atoms with van der Waals surface area (Å²) in [5.41, 5.74) is 0.719. The van der Waals surface area contributed by atoms with Crippen LogP contribution in [0.4, 0.5) is 11.4 Å². The van der Waals surface area contributed by atoms with Crippen molar-refractivity contribution in [3.8, 4) is 5.75 Å². The van der Waals surface area contributed by atoms with Gasteiger partial charge in [-0.25, -0.2) is 0 Å². The van der Waals surface area contributed by atoms with E-state index < -0.39 is 25.1 Å². The minimum Gasteiger partial charge on any atom is -0.505 e. The van der Waals surface area contributed by atoms with Crippen molar-refractivity contribution >= 4 is 53.2 Å². The zero-order valence-electron chi connectivity index (χ0n) is 17.4. The zero-order valence-corrected chi connectivity index (χ0v) is 19.0. The Morgan fingerprint density at radius 3 is 2.12 bits per heavy atom. The highest BCUT2D eigenvalue weighted by atomic mass is 32.2. The molecule has 0 saturated heterocycles. The first-order chi connectivity index (χ1) is 15.4. The van der Waals surface area contributed by atoms with Gasteiger partial charge in [-0.15, -0.1) is 10.2 Å². The van der Waals surface area contributed by atoms with Crippen molar-refractivity contribution in [2.45, 2.75) is 23.6 Å². The fraction of sp³-hybridized carbons (Fsp3) is 0.0909. The van der Waals surface area contributed by atoms with Gasteiger partial charge in [0, 0.05) is 10.8 Å². The second-order valence-electron chi connectivity index (χ2n) is 7.51. The lowest BCUT2D eigenvalue weighted by Crippen LogP contribution is -1.99. The van der Waals surface area contributed by atoms with Gasteiger partial charge in [-0.1, -0.05) is 30.3 Å². The number of aryl methyl sites for hydroxylation is 2. The van der Waals surface area contributed by atoms with Gasteiger partial charge in [-0.2, -0.15) is 16.8 Å². The summed E-state index contributed by atoms with van der Waals surface area (Å²) in [4.78, 5) is -0.717. The average Bonchev–Trinajstić information content (AvgIpc) is 2.71. The van der Waals surface area contributed by atoms with Crippen molar-refractivity contribution in [3.05, 3.63) is 65.7 Å². The van der Waals surface area contributed by atoms with Crippen molar-refractivity contribution in [2.75, 3.05) is 0 Å². The van der Waals surface area contributed by atoms with Crippen LogP contribution in [-0.2, 0) is 20.2 Å². The maximum atomic E-state index is 12.1. The van der Waals surface area contributed by atoms with Gasteiger partial charge in [0.25, 0.3) is 20.2 Å². The molecule has 0 aliphatic heterocycles. The lowest BCUT2D eigenvalue weighted by molar-refractivity contribution is 0.479. The Bertz CT molecular complexity index is 1690. The maximum absolute atomic E-state index is 12.1. The summed E-state index contributed by atoms with van der Waals surface area (Å²) < 4.78 is 66.3. The summed E-state index contributed by atoms with van der Waals surface area (Å²) >= 11 is 0. The summed E-state index contributed by atoms with van der Waals surface area (Å²) in [6.07, 6.45) is 0. The van der Waals surface area contributed by atoms with E-state index in [4.69, 9.17) is 0 Å². The van der Waals surface area contributed by atoms with Crippen LogP contribution in [-0.4, -0.2) is 31.0 Å². The van der Waals surface area contributed by atoms with E-state index in [0.29, 0.717) is 27.3 Å². The molecule has 0 atom stereocenters. The van der Waals surface area contributed by atoms with Crippen molar-refractivity contribution < 1.29 is 31.0 Å². The first-order valence-electron chi connectivity index (χ1n) is 9.53. The van der Waals surface area contributed by atoms with Crippen molar-refractivity contribution in [3.63, 3.8) is 0 Å². The number of phenols is 1. The van der Waals surface area contributed by atoms with Crippen LogP contribution >= 0.6 is 0 Å². The van der Waals surface area contributed by atoms with Crippen LogP contribution in [0.1, 0.15) is 11.1 Å². The van der Waals surface area contributed by atoms with Crippen LogP contribution in [0.25, 0.3) is 21.5 Å².